The van der Waals surface area contributed by atoms with Crippen LogP contribution in [0.5, 0.6) is 0 Å². The van der Waals surface area contributed by atoms with Gasteiger partial charge in [-0.2, -0.15) is 0 Å². The minimum Gasteiger partial charge on any atom is -0.311 e. The van der Waals surface area contributed by atoms with E-state index < -0.39 is 0 Å². The van der Waals surface area contributed by atoms with Crippen LogP contribution in [0.25, 0.3) is 77.2 Å². The first-order chi connectivity index (χ1) is 48.6. The molecule has 3 aliphatic heterocycles. The molecule has 492 valence electrons. The van der Waals surface area contributed by atoms with Crippen LogP contribution < -0.4 is 31.1 Å². The lowest BCUT2D eigenvalue weighted by molar-refractivity contribution is 0.568. The van der Waals surface area contributed by atoms with Crippen LogP contribution in [-0.4, -0.2) is 15.8 Å². The smallest absolute Gasteiger partial charge is 0.252 e. The predicted octanol–water partition coefficient (Wildman–Crippen LogP) is 24.4. The van der Waals surface area contributed by atoms with Crippen molar-refractivity contribution in [1.82, 2.24) is 9.13 Å². The maximum atomic E-state index is 2.69. The first-order valence-electron chi connectivity index (χ1n) is 35.8. The Hall–Kier alpha value is -10.7. The molecule has 0 N–H and O–H groups in total. The van der Waals surface area contributed by atoms with Crippen LogP contribution in [0, 0.1) is 0 Å². The highest BCUT2D eigenvalue weighted by Crippen LogP contribution is 2.56. The van der Waals surface area contributed by atoms with Gasteiger partial charge in [0.2, 0.25) is 0 Å². The lowest BCUT2D eigenvalue weighted by Crippen LogP contribution is -2.61. The van der Waals surface area contributed by atoms with Crippen LogP contribution in [0.2, 0.25) is 0 Å². The Morgan fingerprint density at radius 1 is 0.248 bits per heavy atom. The summed E-state index contributed by atoms with van der Waals surface area (Å²) in [5, 5.41) is 4.91. The molecular formula is C94H82BN5S. The van der Waals surface area contributed by atoms with Crippen molar-refractivity contribution < 1.29 is 0 Å². The standard InChI is InChI=1S/C94H82BN5S/c1-91(2,3)63-49-64(92(4,5)6)52-69(51-63)99-84-55-67(96-78-33-21-19-31-72(78)74-47-61(39-45-80(74)96)59-27-15-13-16-28-59)41-43-76(84)95-77-44-42-68(97-79-34-22-20-32-73(79)75-48-62(40-46-81(75)97)60-29-17-14-18-30-60)56-85(77)100(70-53-65(93(7,8)9)50-66(54-70)94(10,11)12)87-58-71(57-86(99)90(87)95)98-82-35-23-25-37-88(82)101-89-38-26-24-36-83(89)98/h13-58H,1-12H3. The van der Waals surface area contributed by atoms with Gasteiger partial charge in [0.25, 0.3) is 6.71 Å². The molecule has 5 nitrogen and oxygen atoms in total. The lowest BCUT2D eigenvalue weighted by Gasteiger charge is -2.46. The van der Waals surface area contributed by atoms with E-state index in [1.54, 1.807) is 0 Å². The maximum absolute atomic E-state index is 2.69. The lowest BCUT2D eigenvalue weighted by atomic mass is 9.33. The van der Waals surface area contributed by atoms with Gasteiger partial charge in [-0.25, -0.2) is 0 Å². The van der Waals surface area contributed by atoms with E-state index >= 15 is 0 Å². The molecule has 0 fully saturated rings. The summed E-state index contributed by atoms with van der Waals surface area (Å²) in [7, 11) is 0. The summed E-state index contributed by atoms with van der Waals surface area (Å²) in [6, 6.07) is 107. The molecule has 13 aromatic carbocycles. The second-order valence-corrected chi connectivity index (χ2v) is 33.4. The zero-order valence-corrected chi connectivity index (χ0v) is 60.6. The molecule has 0 amide bonds. The average molecular weight is 1320 g/mol. The van der Waals surface area contributed by atoms with E-state index in [0.717, 1.165) is 62.6 Å². The normalized spacial score (nSPS) is 13.6. The van der Waals surface area contributed by atoms with Gasteiger partial charge in [-0.3, -0.25) is 0 Å². The molecular weight excluding hydrogens is 1240 g/mol. The van der Waals surface area contributed by atoms with Gasteiger partial charge in [0.15, 0.2) is 0 Å². The van der Waals surface area contributed by atoms with E-state index in [1.807, 2.05) is 11.8 Å². The molecule has 0 atom stereocenters. The highest BCUT2D eigenvalue weighted by atomic mass is 32.2. The molecule has 0 radical (unpaired) electrons. The molecule has 3 aliphatic rings. The fraction of sp³-hybridized carbons (Fsp3) is 0.170. The SMILES string of the molecule is CC(C)(C)c1cc(N2c3cc(-n4c5ccccc5c5cc(-c6ccccc6)ccc54)ccc3B3c4ccc(-n5c6ccccc6c6cc(-c7ccccc7)ccc65)cc4N(c4cc(C(C)(C)C)cc(C(C)(C)C)c4)c4cc(N5c6ccccc6Sc6ccccc65)cc2c43)cc(C(C)(C)C)c1. The summed E-state index contributed by atoms with van der Waals surface area (Å²) in [5.74, 6) is 0. The number of anilines is 9. The summed E-state index contributed by atoms with van der Waals surface area (Å²) in [6.45, 7) is 28.2. The van der Waals surface area contributed by atoms with Crippen LogP contribution in [0.1, 0.15) is 105 Å². The molecule has 7 heteroatoms. The quantitative estimate of drug-likeness (QED) is 0.148. The largest absolute Gasteiger partial charge is 0.311 e. The highest BCUT2D eigenvalue weighted by molar-refractivity contribution is 7.99. The zero-order chi connectivity index (χ0) is 69.2. The molecule has 5 heterocycles. The summed E-state index contributed by atoms with van der Waals surface area (Å²) in [4.78, 5) is 10.4. The van der Waals surface area contributed by atoms with Crippen LogP contribution in [-0.2, 0) is 21.7 Å². The van der Waals surface area contributed by atoms with Crippen LogP contribution in [0.15, 0.2) is 289 Å². The van der Waals surface area contributed by atoms with Crippen molar-refractivity contribution in [3.63, 3.8) is 0 Å². The zero-order valence-electron chi connectivity index (χ0n) is 59.8. The van der Waals surface area contributed by atoms with E-state index in [4.69, 9.17) is 0 Å². The Morgan fingerprint density at radius 3 is 0.990 bits per heavy atom. The van der Waals surface area contributed by atoms with Gasteiger partial charge < -0.3 is 23.8 Å². The fourth-order valence-corrected chi connectivity index (χ4v) is 17.3. The molecule has 0 spiro atoms. The average Bonchev–Trinajstić information content (AvgIpc) is 0.973. The third kappa shape index (κ3) is 10.3. The second kappa shape index (κ2) is 22.9. The van der Waals surface area contributed by atoms with Gasteiger partial charge in [-0.15, -0.1) is 0 Å². The number of hydrogen-bond acceptors (Lipinski definition) is 4. The molecule has 2 aromatic heterocycles. The Bertz CT molecular complexity index is 5470. The minimum absolute atomic E-state index is 0.169. The molecule has 0 unspecified atom stereocenters. The summed E-state index contributed by atoms with van der Waals surface area (Å²) < 4.78 is 5.04. The summed E-state index contributed by atoms with van der Waals surface area (Å²) >= 11 is 1.86. The van der Waals surface area contributed by atoms with Crippen molar-refractivity contribution >= 4 is 130 Å². The Kier molecular flexibility index (Phi) is 14.2. The van der Waals surface area contributed by atoms with Gasteiger partial charge in [0.1, 0.15) is 0 Å². The van der Waals surface area contributed by atoms with Crippen LogP contribution in [0.4, 0.5) is 51.2 Å². The monoisotopic (exact) mass is 1320 g/mol. The van der Waals surface area contributed by atoms with E-state index in [9.17, 15) is 0 Å². The molecule has 15 aromatic rings. The van der Waals surface area contributed by atoms with Crippen molar-refractivity contribution in [3.8, 4) is 33.6 Å². The topological polar surface area (TPSA) is 19.6 Å². The van der Waals surface area contributed by atoms with Gasteiger partial charge in [0, 0.05) is 76.8 Å². The first kappa shape index (κ1) is 62.5. The number of benzene rings is 13. The number of rotatable bonds is 7. The minimum atomic E-state index is -0.204. The molecule has 0 aliphatic carbocycles. The van der Waals surface area contributed by atoms with Crippen LogP contribution in [0.3, 0.4) is 0 Å². The van der Waals surface area contributed by atoms with Crippen molar-refractivity contribution in [2.75, 3.05) is 14.7 Å². The van der Waals surface area contributed by atoms with Crippen molar-refractivity contribution in [1.29, 1.82) is 0 Å². The van der Waals surface area contributed by atoms with E-state index in [-0.39, 0.29) is 28.4 Å². The number of fused-ring (bicyclic) bond motifs is 12. The molecule has 101 heavy (non-hydrogen) atoms. The Labute approximate surface area is 599 Å². The van der Waals surface area contributed by atoms with Crippen LogP contribution >= 0.6 is 11.8 Å². The van der Waals surface area contributed by atoms with Crippen molar-refractivity contribution in [3.05, 3.63) is 301 Å². The van der Waals surface area contributed by atoms with E-state index in [1.165, 1.54) is 114 Å². The fourth-order valence-electron chi connectivity index (χ4n) is 16.2. The number of para-hydroxylation sites is 4. The van der Waals surface area contributed by atoms with Gasteiger partial charge in [0.05, 0.1) is 39.1 Å². The van der Waals surface area contributed by atoms with Gasteiger partial charge >= 0.3 is 0 Å². The van der Waals surface area contributed by atoms with Gasteiger partial charge in [-0.1, -0.05) is 253 Å². The summed E-state index contributed by atoms with van der Waals surface area (Å²) in [6.07, 6.45) is 0. The number of aromatic nitrogens is 2. The van der Waals surface area contributed by atoms with Crippen molar-refractivity contribution in [2.45, 2.75) is 115 Å². The Balaban J connectivity index is 0.982. The molecule has 0 saturated carbocycles. The third-order valence-corrected chi connectivity index (χ3v) is 22.7. The second-order valence-electron chi connectivity index (χ2n) is 32.3. The molecule has 0 bridgehead atoms. The highest BCUT2D eigenvalue weighted by Gasteiger charge is 2.46. The Morgan fingerprint density at radius 2 is 0.584 bits per heavy atom. The molecule has 0 saturated heterocycles. The number of hydrogen-bond donors (Lipinski definition) is 0. The van der Waals surface area contributed by atoms with Crippen molar-refractivity contribution in [2.24, 2.45) is 0 Å². The first-order valence-corrected chi connectivity index (χ1v) is 36.6. The number of nitrogens with zero attached hydrogens (tertiary/aromatic N) is 5. The third-order valence-electron chi connectivity index (χ3n) is 21.6. The van der Waals surface area contributed by atoms with E-state index in [2.05, 4.69) is 386 Å². The maximum Gasteiger partial charge on any atom is 0.252 e. The molecule has 18 rings (SSSR count). The summed E-state index contributed by atoms with van der Waals surface area (Å²) in [5.41, 5.74) is 30.3. The van der Waals surface area contributed by atoms with E-state index in [0.29, 0.717) is 0 Å². The van der Waals surface area contributed by atoms with Gasteiger partial charge in [-0.05, 0) is 204 Å². The predicted molar refractivity (Wildman–Crippen MR) is 434 cm³/mol.